The second-order valence-electron chi connectivity index (χ2n) is 3.02. The fraction of sp³-hybridized carbons (Fsp3) is 0.154. The minimum atomic E-state index is 0.791. The molecule has 0 unspecified atom stereocenters. The van der Waals surface area contributed by atoms with Crippen LogP contribution in [-0.4, -0.2) is 6.29 Å². The van der Waals surface area contributed by atoms with Crippen molar-refractivity contribution in [2.24, 2.45) is 0 Å². The molecule has 0 spiro atoms. The Bertz CT molecular complexity index is 337. The molecule has 0 bridgehead atoms. The third kappa shape index (κ3) is 3.02. The highest BCUT2D eigenvalue weighted by Crippen LogP contribution is 2.08. The van der Waals surface area contributed by atoms with E-state index in [1.807, 2.05) is 30.3 Å². The second kappa shape index (κ2) is 5.92. The van der Waals surface area contributed by atoms with Gasteiger partial charge in [-0.2, -0.15) is 0 Å². The van der Waals surface area contributed by atoms with Gasteiger partial charge in [-0.25, -0.2) is 0 Å². The highest BCUT2D eigenvalue weighted by atomic mass is 16.1. The molecule has 1 nitrogen and oxygen atoms in total. The Morgan fingerprint density at radius 1 is 1.29 bits per heavy atom. The first-order valence-corrected chi connectivity index (χ1v) is 4.69. The van der Waals surface area contributed by atoms with E-state index in [2.05, 4.69) is 12.7 Å². The van der Waals surface area contributed by atoms with Crippen LogP contribution in [0.25, 0.3) is 0 Å². The van der Waals surface area contributed by atoms with Crippen LogP contribution >= 0.6 is 0 Å². The zero-order chi connectivity index (χ0) is 10.2. The Labute approximate surface area is 84.8 Å². The molecule has 1 rings (SSSR count). The van der Waals surface area contributed by atoms with Crippen LogP contribution in [-0.2, 0) is 6.42 Å². The average Bonchev–Trinajstić information content (AvgIpc) is 2.25. The monoisotopic (exact) mass is 186 g/mol. The van der Waals surface area contributed by atoms with Gasteiger partial charge in [-0.05, 0) is 18.4 Å². The van der Waals surface area contributed by atoms with E-state index in [1.54, 1.807) is 6.08 Å². The van der Waals surface area contributed by atoms with Crippen molar-refractivity contribution in [1.82, 2.24) is 0 Å². The van der Waals surface area contributed by atoms with E-state index in [1.165, 1.54) is 0 Å². The largest absolute Gasteiger partial charge is 0.298 e. The summed E-state index contributed by atoms with van der Waals surface area (Å²) >= 11 is 0. The molecule has 0 N–H and O–H groups in total. The third-order valence-electron chi connectivity index (χ3n) is 2.03. The molecule has 0 aromatic heterocycles. The van der Waals surface area contributed by atoms with Crippen molar-refractivity contribution in [2.45, 2.75) is 12.8 Å². The lowest BCUT2D eigenvalue weighted by Crippen LogP contribution is -1.90. The van der Waals surface area contributed by atoms with E-state index in [4.69, 9.17) is 0 Å². The molecule has 0 amide bonds. The van der Waals surface area contributed by atoms with Crippen LogP contribution < -0.4 is 0 Å². The molecule has 14 heavy (non-hydrogen) atoms. The fourth-order valence-corrected chi connectivity index (χ4v) is 1.31. The summed E-state index contributed by atoms with van der Waals surface area (Å²) in [7, 11) is 0. The van der Waals surface area contributed by atoms with Crippen LogP contribution in [0.2, 0.25) is 0 Å². The molecular formula is C13H14O. The summed E-state index contributed by atoms with van der Waals surface area (Å²) in [5.41, 5.74) is 1.90. The minimum Gasteiger partial charge on any atom is -0.298 e. The number of allylic oxidation sites excluding steroid dienone is 3. The summed E-state index contributed by atoms with van der Waals surface area (Å²) in [6.45, 7) is 3.60. The molecule has 0 radical (unpaired) electrons. The van der Waals surface area contributed by atoms with Crippen molar-refractivity contribution in [3.63, 3.8) is 0 Å². The van der Waals surface area contributed by atoms with Crippen LogP contribution in [0.4, 0.5) is 0 Å². The lowest BCUT2D eigenvalue weighted by molar-refractivity contribution is 0.112. The highest BCUT2D eigenvalue weighted by molar-refractivity contribution is 5.77. The van der Waals surface area contributed by atoms with Crippen molar-refractivity contribution < 1.29 is 4.79 Å². The summed E-state index contributed by atoms with van der Waals surface area (Å²) < 4.78 is 0. The van der Waals surface area contributed by atoms with Crippen molar-refractivity contribution in [1.29, 1.82) is 0 Å². The molecule has 0 fully saturated rings. The number of hydrogen-bond acceptors (Lipinski definition) is 1. The van der Waals surface area contributed by atoms with Gasteiger partial charge in [0.25, 0.3) is 0 Å². The number of carbonyl (C=O) groups excluding carboxylic acids is 1. The predicted octanol–water partition coefficient (Wildman–Crippen LogP) is 3.17. The van der Waals surface area contributed by atoms with E-state index < -0.39 is 0 Å². The topological polar surface area (TPSA) is 17.1 Å². The Balaban J connectivity index is 2.61. The van der Waals surface area contributed by atoms with E-state index in [0.717, 1.165) is 30.3 Å². The van der Waals surface area contributed by atoms with Crippen molar-refractivity contribution in [3.05, 3.63) is 60.2 Å². The molecule has 0 aliphatic carbocycles. The van der Waals surface area contributed by atoms with Crippen LogP contribution in [0, 0.1) is 0 Å². The Morgan fingerprint density at radius 2 is 2.07 bits per heavy atom. The number of rotatable bonds is 5. The predicted molar refractivity (Wildman–Crippen MR) is 59.5 cm³/mol. The first-order valence-electron chi connectivity index (χ1n) is 4.69. The van der Waals surface area contributed by atoms with Crippen molar-refractivity contribution in [2.75, 3.05) is 0 Å². The molecule has 0 aliphatic heterocycles. The SMILES string of the molecule is C=C/C=C/CCc1ccccc1C=O. The molecule has 0 heterocycles. The Kier molecular flexibility index (Phi) is 4.42. The van der Waals surface area contributed by atoms with Gasteiger partial charge in [0.2, 0.25) is 0 Å². The maximum Gasteiger partial charge on any atom is 0.150 e. The van der Waals surface area contributed by atoms with Crippen molar-refractivity contribution in [3.8, 4) is 0 Å². The molecule has 0 atom stereocenters. The van der Waals surface area contributed by atoms with Gasteiger partial charge < -0.3 is 0 Å². The zero-order valence-electron chi connectivity index (χ0n) is 8.15. The number of carbonyl (C=O) groups is 1. The summed E-state index contributed by atoms with van der Waals surface area (Å²) in [5.74, 6) is 0. The van der Waals surface area contributed by atoms with Gasteiger partial charge in [-0.1, -0.05) is 49.1 Å². The minimum absolute atomic E-state index is 0.791. The molecular weight excluding hydrogens is 172 g/mol. The second-order valence-corrected chi connectivity index (χ2v) is 3.02. The average molecular weight is 186 g/mol. The maximum absolute atomic E-state index is 10.7. The number of hydrogen-bond donors (Lipinski definition) is 0. The Morgan fingerprint density at radius 3 is 2.79 bits per heavy atom. The quantitative estimate of drug-likeness (QED) is 0.510. The van der Waals surface area contributed by atoms with Gasteiger partial charge in [0, 0.05) is 5.56 Å². The molecule has 1 aromatic rings. The Hall–Kier alpha value is -1.63. The summed E-state index contributed by atoms with van der Waals surface area (Å²) in [4.78, 5) is 10.7. The van der Waals surface area contributed by atoms with Crippen LogP contribution in [0.15, 0.2) is 49.1 Å². The molecule has 0 aliphatic rings. The molecule has 0 saturated heterocycles. The standard InChI is InChI=1S/C13H14O/c1-2-3-4-5-8-12-9-6-7-10-13(12)11-14/h2-4,6-7,9-11H,1,5,8H2/b4-3+. The van der Waals surface area contributed by atoms with Crippen LogP contribution in [0.5, 0.6) is 0 Å². The lowest BCUT2D eigenvalue weighted by atomic mass is 10.0. The van der Waals surface area contributed by atoms with Gasteiger partial charge in [0.1, 0.15) is 6.29 Å². The van der Waals surface area contributed by atoms with Gasteiger partial charge in [-0.3, -0.25) is 4.79 Å². The van der Waals surface area contributed by atoms with E-state index in [-0.39, 0.29) is 0 Å². The van der Waals surface area contributed by atoms with Gasteiger partial charge in [0.15, 0.2) is 0 Å². The smallest absolute Gasteiger partial charge is 0.150 e. The van der Waals surface area contributed by atoms with Crippen LogP contribution in [0.1, 0.15) is 22.3 Å². The van der Waals surface area contributed by atoms with Crippen molar-refractivity contribution >= 4 is 6.29 Å². The number of benzene rings is 1. The highest BCUT2D eigenvalue weighted by Gasteiger charge is 1.97. The van der Waals surface area contributed by atoms with Gasteiger partial charge in [-0.15, -0.1) is 0 Å². The molecule has 72 valence electrons. The number of aryl methyl sites for hydroxylation is 1. The first kappa shape index (κ1) is 10.5. The lowest BCUT2D eigenvalue weighted by Gasteiger charge is -2.01. The first-order chi connectivity index (χ1) is 6.88. The molecule has 1 aromatic carbocycles. The van der Waals surface area contributed by atoms with E-state index in [9.17, 15) is 4.79 Å². The van der Waals surface area contributed by atoms with Gasteiger partial charge >= 0.3 is 0 Å². The zero-order valence-corrected chi connectivity index (χ0v) is 8.15. The summed E-state index contributed by atoms with van der Waals surface area (Å²) in [6, 6.07) is 7.68. The maximum atomic E-state index is 10.7. The van der Waals surface area contributed by atoms with Crippen LogP contribution in [0.3, 0.4) is 0 Å². The normalized spacial score (nSPS) is 10.3. The fourth-order valence-electron chi connectivity index (χ4n) is 1.31. The molecule has 0 saturated carbocycles. The van der Waals surface area contributed by atoms with E-state index >= 15 is 0 Å². The van der Waals surface area contributed by atoms with Gasteiger partial charge in [0.05, 0.1) is 0 Å². The number of aldehydes is 1. The molecule has 1 heteroatoms. The summed E-state index contributed by atoms with van der Waals surface area (Å²) in [5, 5.41) is 0. The van der Waals surface area contributed by atoms with E-state index in [0.29, 0.717) is 0 Å². The third-order valence-corrected chi connectivity index (χ3v) is 2.03. The summed E-state index contributed by atoms with van der Waals surface area (Å²) in [6.07, 6.45) is 8.48.